The van der Waals surface area contributed by atoms with Crippen molar-refractivity contribution >= 4 is 0 Å². The third kappa shape index (κ3) is 19.6. The van der Waals surface area contributed by atoms with E-state index in [1.807, 2.05) is 0 Å². The molecule has 2 aliphatic heterocycles. The highest BCUT2D eigenvalue weighted by atomic mass is 16.6. The van der Waals surface area contributed by atoms with E-state index in [9.17, 15) is 0 Å². The van der Waals surface area contributed by atoms with Crippen LogP contribution in [0.15, 0.2) is 0 Å². The van der Waals surface area contributed by atoms with Gasteiger partial charge in [-0.1, -0.05) is 0 Å². The third-order valence-electron chi connectivity index (χ3n) is 5.85. The summed E-state index contributed by atoms with van der Waals surface area (Å²) < 4.78 is 39.9. The molecule has 0 amide bonds. The van der Waals surface area contributed by atoms with Crippen LogP contribution < -0.4 is 16.0 Å². The van der Waals surface area contributed by atoms with Gasteiger partial charge >= 0.3 is 0 Å². The molecule has 0 aromatic carbocycles. The number of ether oxygens (including phenoxy) is 7. The molecule has 2 fully saturated rings. The summed E-state index contributed by atoms with van der Waals surface area (Å²) >= 11 is 0. The molecule has 0 aliphatic carbocycles. The Kier molecular flexibility index (Phi) is 22.0. The third-order valence-corrected chi connectivity index (χ3v) is 5.85. The topological polar surface area (TPSA) is 104 Å². The van der Waals surface area contributed by atoms with Crippen molar-refractivity contribution in [1.29, 1.82) is 0 Å². The predicted octanol–water partition coefficient (Wildman–Crippen LogP) is -0.651. The Bertz CT molecular complexity index is 436. The van der Waals surface area contributed by atoms with Crippen LogP contribution in [-0.4, -0.2) is 156 Å². The van der Waals surface area contributed by atoms with E-state index in [-0.39, 0.29) is 6.10 Å². The number of rotatable bonds is 5. The van der Waals surface area contributed by atoms with Gasteiger partial charge in [0.05, 0.1) is 85.9 Å². The molecular formula is C25H52N4O7. The van der Waals surface area contributed by atoms with Crippen molar-refractivity contribution in [2.75, 3.05) is 145 Å². The molecule has 36 heavy (non-hydrogen) atoms. The van der Waals surface area contributed by atoms with Crippen molar-refractivity contribution in [3.63, 3.8) is 0 Å². The van der Waals surface area contributed by atoms with Crippen LogP contribution in [0.2, 0.25) is 0 Å². The number of nitrogens with zero attached hydrogens (tertiary/aromatic N) is 1. The average molecular weight is 521 g/mol. The Morgan fingerprint density at radius 2 is 1.14 bits per heavy atom. The molecule has 3 N–H and O–H groups in total. The molecule has 1 unspecified atom stereocenters. The van der Waals surface area contributed by atoms with E-state index in [0.717, 1.165) is 71.7 Å². The monoisotopic (exact) mass is 520 g/mol. The summed E-state index contributed by atoms with van der Waals surface area (Å²) in [7, 11) is 0. The summed E-state index contributed by atoms with van der Waals surface area (Å²) in [5.41, 5.74) is 0. The van der Waals surface area contributed by atoms with Gasteiger partial charge in [0, 0.05) is 32.7 Å². The SMILES string of the molecule is C1CNCCNCCCN(CCOCC2COCCOCCOCCOCCOCCO2)CCNC1. The summed E-state index contributed by atoms with van der Waals surface area (Å²) in [4.78, 5) is 2.48. The molecule has 2 heterocycles. The van der Waals surface area contributed by atoms with Crippen molar-refractivity contribution in [3.05, 3.63) is 0 Å². The van der Waals surface area contributed by atoms with Gasteiger partial charge in [-0.15, -0.1) is 0 Å². The Morgan fingerprint density at radius 3 is 1.81 bits per heavy atom. The van der Waals surface area contributed by atoms with E-state index in [2.05, 4.69) is 20.9 Å². The lowest BCUT2D eigenvalue weighted by Crippen LogP contribution is -2.38. The fraction of sp³-hybridized carbons (Fsp3) is 1.00. The van der Waals surface area contributed by atoms with Crippen LogP contribution >= 0.6 is 0 Å². The van der Waals surface area contributed by atoms with Gasteiger partial charge in [0.15, 0.2) is 0 Å². The van der Waals surface area contributed by atoms with Crippen LogP contribution in [0.5, 0.6) is 0 Å². The zero-order valence-electron chi connectivity index (χ0n) is 22.4. The summed E-state index contributed by atoms with van der Waals surface area (Å²) in [6.45, 7) is 16.3. The zero-order chi connectivity index (χ0) is 25.2. The molecule has 1 atom stereocenters. The van der Waals surface area contributed by atoms with Crippen molar-refractivity contribution in [3.8, 4) is 0 Å². The number of nitrogens with one attached hydrogen (secondary N) is 3. The van der Waals surface area contributed by atoms with E-state index >= 15 is 0 Å². The quantitative estimate of drug-likeness (QED) is 0.403. The van der Waals surface area contributed by atoms with Gasteiger partial charge in [-0.25, -0.2) is 0 Å². The van der Waals surface area contributed by atoms with Gasteiger partial charge in [-0.05, 0) is 39.0 Å². The predicted molar refractivity (Wildman–Crippen MR) is 139 cm³/mol. The first kappa shape index (κ1) is 31.8. The number of hydrogen-bond acceptors (Lipinski definition) is 11. The maximum Gasteiger partial charge on any atom is 0.104 e. The minimum Gasteiger partial charge on any atom is -0.377 e. The minimum absolute atomic E-state index is 0.134. The van der Waals surface area contributed by atoms with Gasteiger partial charge in [0.1, 0.15) is 6.10 Å². The molecule has 0 spiro atoms. The fourth-order valence-corrected chi connectivity index (χ4v) is 3.81. The molecular weight excluding hydrogens is 468 g/mol. The lowest BCUT2D eigenvalue weighted by atomic mass is 10.3. The van der Waals surface area contributed by atoms with Crippen LogP contribution in [0, 0.1) is 0 Å². The van der Waals surface area contributed by atoms with E-state index in [1.54, 1.807) is 0 Å². The Balaban J connectivity index is 1.64. The molecule has 0 aromatic heterocycles. The van der Waals surface area contributed by atoms with Crippen molar-refractivity contribution in [2.24, 2.45) is 0 Å². The van der Waals surface area contributed by atoms with Crippen LogP contribution in [0.25, 0.3) is 0 Å². The molecule has 11 nitrogen and oxygen atoms in total. The average Bonchev–Trinajstić information content (AvgIpc) is 2.89. The van der Waals surface area contributed by atoms with Crippen molar-refractivity contribution in [2.45, 2.75) is 18.9 Å². The first-order valence-electron chi connectivity index (χ1n) is 13.9. The lowest BCUT2D eigenvalue weighted by Gasteiger charge is -2.24. The summed E-state index contributed by atoms with van der Waals surface area (Å²) in [6.07, 6.45) is 2.16. The van der Waals surface area contributed by atoms with Gasteiger partial charge < -0.3 is 49.1 Å². The van der Waals surface area contributed by atoms with Gasteiger partial charge in [0.25, 0.3) is 0 Å². The maximum atomic E-state index is 6.02. The van der Waals surface area contributed by atoms with Gasteiger partial charge in [-0.2, -0.15) is 0 Å². The molecule has 0 aromatic rings. The minimum atomic E-state index is -0.134. The molecule has 0 bridgehead atoms. The molecule has 214 valence electrons. The Hall–Kier alpha value is -0.440. The highest BCUT2D eigenvalue weighted by Crippen LogP contribution is 1.99. The summed E-state index contributed by atoms with van der Waals surface area (Å²) in [6, 6.07) is 0. The van der Waals surface area contributed by atoms with Gasteiger partial charge in [-0.3, -0.25) is 4.90 Å². The van der Waals surface area contributed by atoms with Crippen molar-refractivity contribution in [1.82, 2.24) is 20.9 Å². The molecule has 2 rings (SSSR count). The molecule has 11 heteroatoms. The Labute approximate surface area is 218 Å². The van der Waals surface area contributed by atoms with Crippen LogP contribution in [0.1, 0.15) is 12.8 Å². The maximum absolute atomic E-state index is 6.02. The van der Waals surface area contributed by atoms with E-state index in [1.165, 1.54) is 0 Å². The summed E-state index contributed by atoms with van der Waals surface area (Å²) in [5, 5.41) is 10.5. The largest absolute Gasteiger partial charge is 0.377 e. The standard InChI is InChI=1S/C25H52N4O7/c1-3-26-6-7-27-5-2-9-29(10-8-28-4-1)11-12-34-23-25-24-35-20-19-32-16-15-30-13-14-31-17-18-33-21-22-36-25/h25-28H,1-24H2. The van der Waals surface area contributed by atoms with E-state index in [4.69, 9.17) is 33.2 Å². The van der Waals surface area contributed by atoms with Gasteiger partial charge in [0.2, 0.25) is 0 Å². The van der Waals surface area contributed by atoms with Crippen LogP contribution in [0.4, 0.5) is 0 Å². The van der Waals surface area contributed by atoms with E-state index in [0.29, 0.717) is 85.9 Å². The lowest BCUT2D eigenvalue weighted by molar-refractivity contribution is -0.0854. The van der Waals surface area contributed by atoms with Crippen LogP contribution in [-0.2, 0) is 33.2 Å². The second-order valence-electron chi connectivity index (χ2n) is 8.89. The fourth-order valence-electron chi connectivity index (χ4n) is 3.81. The highest BCUT2D eigenvalue weighted by Gasteiger charge is 2.12. The molecule has 2 saturated heterocycles. The summed E-state index contributed by atoms with van der Waals surface area (Å²) in [5.74, 6) is 0. The normalized spacial score (nSPS) is 25.8. The van der Waals surface area contributed by atoms with Crippen molar-refractivity contribution < 1.29 is 33.2 Å². The first-order chi connectivity index (χ1) is 17.9. The zero-order valence-corrected chi connectivity index (χ0v) is 22.4. The smallest absolute Gasteiger partial charge is 0.104 e. The second-order valence-corrected chi connectivity index (χ2v) is 8.89. The first-order valence-corrected chi connectivity index (χ1v) is 13.9. The second kappa shape index (κ2) is 24.9. The molecule has 0 saturated carbocycles. The number of hydrogen-bond donors (Lipinski definition) is 3. The van der Waals surface area contributed by atoms with E-state index < -0.39 is 0 Å². The van der Waals surface area contributed by atoms with Crippen LogP contribution in [0.3, 0.4) is 0 Å². The highest BCUT2D eigenvalue weighted by molar-refractivity contribution is 4.64. The molecule has 2 aliphatic rings. The Morgan fingerprint density at radius 1 is 0.583 bits per heavy atom. The molecule has 0 radical (unpaired) electrons.